The number of aromatic nitrogens is 1. The van der Waals surface area contributed by atoms with Crippen molar-refractivity contribution in [2.45, 2.75) is 6.92 Å². The molecule has 0 saturated carbocycles. The lowest BCUT2D eigenvalue weighted by Gasteiger charge is -2.04. The second kappa shape index (κ2) is 4.75. The summed E-state index contributed by atoms with van der Waals surface area (Å²) in [6.45, 7) is 1.54. The molecule has 0 saturated heterocycles. The predicted molar refractivity (Wildman–Crippen MR) is 55.5 cm³/mol. The van der Waals surface area contributed by atoms with Crippen molar-refractivity contribution in [1.82, 2.24) is 10.3 Å². The number of hydrogen-bond acceptors (Lipinski definition) is 3. The number of carbonyl (C=O) groups is 2. The molecule has 80 valence electrons. The number of nitrogens with one attached hydrogen (secondary N) is 1. The van der Waals surface area contributed by atoms with Gasteiger partial charge < -0.3 is 11.1 Å². The van der Waals surface area contributed by atoms with Crippen LogP contribution in [0.5, 0.6) is 0 Å². The highest BCUT2D eigenvalue weighted by Crippen LogP contribution is 2.15. The first-order valence-corrected chi connectivity index (χ1v) is 4.57. The van der Waals surface area contributed by atoms with Gasteiger partial charge >= 0.3 is 0 Å². The normalized spacial score (nSPS) is 9.73. The highest BCUT2D eigenvalue weighted by molar-refractivity contribution is 6.33. The minimum atomic E-state index is -0.612. The Morgan fingerprint density at radius 2 is 2.27 bits per heavy atom. The summed E-state index contributed by atoms with van der Waals surface area (Å²) < 4.78 is 0. The van der Waals surface area contributed by atoms with Crippen LogP contribution in [-0.4, -0.2) is 23.3 Å². The summed E-state index contributed by atoms with van der Waals surface area (Å²) in [6.07, 6.45) is 1.36. The number of nitrogens with two attached hydrogens (primary N) is 1. The average Bonchev–Trinajstić information content (AvgIpc) is 2.14. The van der Waals surface area contributed by atoms with Crippen molar-refractivity contribution in [3.63, 3.8) is 0 Å². The molecule has 1 aromatic rings. The van der Waals surface area contributed by atoms with Gasteiger partial charge in [-0.25, -0.2) is 0 Å². The van der Waals surface area contributed by atoms with E-state index >= 15 is 0 Å². The third-order valence-corrected chi connectivity index (χ3v) is 1.97. The maximum Gasteiger partial charge on any atom is 0.254 e. The molecule has 0 spiro atoms. The molecule has 0 radical (unpaired) electrons. The molecule has 0 aliphatic heterocycles. The first-order valence-electron chi connectivity index (χ1n) is 4.19. The monoisotopic (exact) mass is 227 g/mol. The molecule has 1 heterocycles. The van der Waals surface area contributed by atoms with Crippen LogP contribution in [0.4, 0.5) is 0 Å². The highest BCUT2D eigenvalue weighted by Gasteiger charge is 2.11. The van der Waals surface area contributed by atoms with Crippen LogP contribution in [0.25, 0.3) is 0 Å². The zero-order valence-electron chi connectivity index (χ0n) is 8.08. The number of rotatable bonds is 3. The van der Waals surface area contributed by atoms with Gasteiger partial charge in [-0.2, -0.15) is 0 Å². The first-order chi connectivity index (χ1) is 7.00. The van der Waals surface area contributed by atoms with E-state index in [1.54, 1.807) is 13.0 Å². The standard InChI is InChI=1S/C9H10ClN3O2/c1-5-2-7(10)6(3-12-5)9(15)13-4-8(11)14/h2-3H,4H2,1H3,(H2,11,14)(H,13,15). The molecule has 0 aromatic carbocycles. The van der Waals surface area contributed by atoms with Crippen molar-refractivity contribution >= 4 is 23.4 Å². The van der Waals surface area contributed by atoms with Crippen LogP contribution in [0, 0.1) is 6.92 Å². The molecule has 0 aliphatic rings. The highest BCUT2D eigenvalue weighted by atomic mass is 35.5. The Hall–Kier alpha value is -1.62. The molecular weight excluding hydrogens is 218 g/mol. The first kappa shape index (κ1) is 11.5. The Labute approximate surface area is 91.6 Å². The minimum Gasteiger partial charge on any atom is -0.368 e. The number of halogens is 1. The fraction of sp³-hybridized carbons (Fsp3) is 0.222. The van der Waals surface area contributed by atoms with Crippen molar-refractivity contribution in [3.05, 3.63) is 28.5 Å². The fourth-order valence-corrected chi connectivity index (χ4v) is 1.25. The molecule has 0 atom stereocenters. The van der Waals surface area contributed by atoms with Gasteiger partial charge in [0.15, 0.2) is 0 Å². The molecule has 0 fully saturated rings. The summed E-state index contributed by atoms with van der Waals surface area (Å²) >= 11 is 5.82. The SMILES string of the molecule is Cc1cc(Cl)c(C(=O)NCC(N)=O)cn1. The summed E-state index contributed by atoms with van der Waals surface area (Å²) in [5, 5.41) is 2.62. The van der Waals surface area contributed by atoms with Gasteiger partial charge in [0.2, 0.25) is 5.91 Å². The quantitative estimate of drug-likeness (QED) is 0.777. The number of carbonyl (C=O) groups excluding carboxylic acids is 2. The van der Waals surface area contributed by atoms with E-state index in [0.717, 1.165) is 0 Å². The minimum absolute atomic E-state index is 0.219. The second-order valence-corrected chi connectivity index (χ2v) is 3.36. The number of aryl methyl sites for hydroxylation is 1. The summed E-state index contributed by atoms with van der Waals surface area (Å²) in [7, 11) is 0. The average molecular weight is 228 g/mol. The van der Waals surface area contributed by atoms with Gasteiger partial charge in [-0.3, -0.25) is 14.6 Å². The third-order valence-electron chi connectivity index (χ3n) is 1.66. The van der Waals surface area contributed by atoms with Crippen molar-refractivity contribution in [3.8, 4) is 0 Å². The van der Waals surface area contributed by atoms with E-state index in [0.29, 0.717) is 10.7 Å². The summed E-state index contributed by atoms with van der Waals surface area (Å²) in [6, 6.07) is 1.57. The smallest absolute Gasteiger partial charge is 0.254 e. The molecule has 1 rings (SSSR count). The van der Waals surface area contributed by atoms with E-state index in [-0.39, 0.29) is 12.1 Å². The number of nitrogens with zero attached hydrogens (tertiary/aromatic N) is 1. The molecule has 2 amide bonds. The van der Waals surface area contributed by atoms with Crippen molar-refractivity contribution in [2.75, 3.05) is 6.54 Å². The molecule has 3 N–H and O–H groups in total. The molecule has 0 aliphatic carbocycles. The van der Waals surface area contributed by atoms with Gasteiger partial charge in [-0.05, 0) is 13.0 Å². The lowest BCUT2D eigenvalue weighted by Crippen LogP contribution is -2.33. The number of pyridine rings is 1. The van der Waals surface area contributed by atoms with Gasteiger partial charge in [-0.1, -0.05) is 11.6 Å². The Morgan fingerprint density at radius 3 is 2.80 bits per heavy atom. The van der Waals surface area contributed by atoms with Crippen LogP contribution in [0.1, 0.15) is 16.1 Å². The lowest BCUT2D eigenvalue weighted by atomic mass is 10.2. The molecule has 5 nitrogen and oxygen atoms in total. The Bertz CT molecular complexity index is 406. The van der Waals surface area contributed by atoms with Crippen molar-refractivity contribution < 1.29 is 9.59 Å². The zero-order chi connectivity index (χ0) is 11.4. The van der Waals surface area contributed by atoms with E-state index in [1.807, 2.05) is 0 Å². The summed E-state index contributed by atoms with van der Waals surface area (Å²) in [5.74, 6) is -1.08. The molecule has 15 heavy (non-hydrogen) atoms. The fourth-order valence-electron chi connectivity index (χ4n) is 0.956. The van der Waals surface area contributed by atoms with E-state index in [4.69, 9.17) is 17.3 Å². The van der Waals surface area contributed by atoms with Gasteiger partial charge in [0.05, 0.1) is 17.1 Å². The van der Waals surface area contributed by atoms with Crippen LogP contribution in [0.2, 0.25) is 5.02 Å². The van der Waals surface area contributed by atoms with Crippen molar-refractivity contribution in [1.29, 1.82) is 0 Å². The maximum atomic E-state index is 11.4. The van der Waals surface area contributed by atoms with Crippen molar-refractivity contribution in [2.24, 2.45) is 5.73 Å². The zero-order valence-corrected chi connectivity index (χ0v) is 8.84. The molecule has 0 unspecified atom stereocenters. The summed E-state index contributed by atoms with van der Waals surface area (Å²) in [5.41, 5.74) is 5.82. The van der Waals surface area contributed by atoms with Crippen LogP contribution in [0.3, 0.4) is 0 Å². The van der Waals surface area contributed by atoms with E-state index < -0.39 is 11.8 Å². The Balaban J connectivity index is 2.78. The predicted octanol–water partition coefficient (Wildman–Crippen LogP) is 0.259. The Kier molecular flexibility index (Phi) is 3.62. The lowest BCUT2D eigenvalue weighted by molar-refractivity contribution is -0.117. The molecule has 1 aromatic heterocycles. The summed E-state index contributed by atoms with van der Waals surface area (Å²) in [4.78, 5) is 25.8. The topological polar surface area (TPSA) is 85.1 Å². The van der Waals surface area contributed by atoms with Crippen LogP contribution in [-0.2, 0) is 4.79 Å². The maximum absolute atomic E-state index is 11.4. The molecule has 6 heteroatoms. The second-order valence-electron chi connectivity index (χ2n) is 2.95. The van der Waals surface area contributed by atoms with E-state index in [9.17, 15) is 9.59 Å². The van der Waals surface area contributed by atoms with Gasteiger partial charge in [-0.15, -0.1) is 0 Å². The molecule has 0 bridgehead atoms. The number of hydrogen-bond donors (Lipinski definition) is 2. The van der Waals surface area contributed by atoms with E-state index in [2.05, 4.69) is 10.3 Å². The Morgan fingerprint density at radius 1 is 1.60 bits per heavy atom. The number of amides is 2. The van der Waals surface area contributed by atoms with Crippen LogP contribution in [0.15, 0.2) is 12.3 Å². The van der Waals surface area contributed by atoms with Crippen LogP contribution >= 0.6 is 11.6 Å². The largest absolute Gasteiger partial charge is 0.368 e. The van der Waals surface area contributed by atoms with E-state index in [1.165, 1.54) is 6.20 Å². The molecular formula is C9H10ClN3O2. The van der Waals surface area contributed by atoms with Crippen LogP contribution < -0.4 is 11.1 Å². The van der Waals surface area contributed by atoms with Gasteiger partial charge in [0.25, 0.3) is 5.91 Å². The van der Waals surface area contributed by atoms with Gasteiger partial charge in [0.1, 0.15) is 0 Å². The number of primary amides is 1. The van der Waals surface area contributed by atoms with Gasteiger partial charge in [0, 0.05) is 11.9 Å². The third kappa shape index (κ3) is 3.21.